The molecule has 1 saturated carbocycles. The SMILES string of the molecule is c1cnc2cc(N3CCOCC3)nc(OC3CCC(n4nccn4)CC3)c2c1. The quantitative estimate of drug-likeness (QED) is 0.688. The second-order valence-corrected chi connectivity index (χ2v) is 7.35. The Morgan fingerprint density at radius 2 is 1.79 bits per heavy atom. The van der Waals surface area contributed by atoms with Crippen LogP contribution in [0.3, 0.4) is 0 Å². The van der Waals surface area contributed by atoms with Crippen LogP contribution < -0.4 is 9.64 Å². The fourth-order valence-electron chi connectivity index (χ4n) is 4.04. The number of fused-ring (bicyclic) bond motifs is 1. The summed E-state index contributed by atoms with van der Waals surface area (Å²) in [6.07, 6.45) is 9.41. The highest BCUT2D eigenvalue weighted by molar-refractivity contribution is 5.85. The molecule has 0 atom stereocenters. The van der Waals surface area contributed by atoms with Crippen LogP contribution in [0.4, 0.5) is 5.82 Å². The Labute approximate surface area is 163 Å². The monoisotopic (exact) mass is 380 g/mol. The third kappa shape index (κ3) is 3.52. The zero-order valence-corrected chi connectivity index (χ0v) is 15.8. The smallest absolute Gasteiger partial charge is 0.225 e. The molecule has 0 unspecified atom stereocenters. The van der Waals surface area contributed by atoms with Crippen LogP contribution in [0.15, 0.2) is 36.8 Å². The Bertz CT molecular complexity index is 918. The number of morpholine rings is 1. The predicted octanol–water partition coefficient (Wildman–Crippen LogP) is 2.62. The minimum absolute atomic E-state index is 0.155. The van der Waals surface area contributed by atoms with Crippen LogP contribution in [0, 0.1) is 0 Å². The fraction of sp³-hybridized carbons (Fsp3) is 0.500. The van der Waals surface area contributed by atoms with Gasteiger partial charge in [-0.3, -0.25) is 4.98 Å². The number of pyridine rings is 2. The van der Waals surface area contributed by atoms with E-state index in [1.165, 1.54) is 0 Å². The van der Waals surface area contributed by atoms with E-state index in [0.29, 0.717) is 11.9 Å². The van der Waals surface area contributed by atoms with Crippen LogP contribution >= 0.6 is 0 Å². The predicted molar refractivity (Wildman–Crippen MR) is 105 cm³/mol. The third-order valence-electron chi connectivity index (χ3n) is 5.57. The lowest BCUT2D eigenvalue weighted by Gasteiger charge is -2.30. The highest BCUT2D eigenvalue weighted by Crippen LogP contribution is 2.33. The molecule has 146 valence electrons. The Balaban J connectivity index is 1.36. The number of hydrogen-bond acceptors (Lipinski definition) is 7. The van der Waals surface area contributed by atoms with Crippen molar-refractivity contribution in [3.05, 3.63) is 36.8 Å². The summed E-state index contributed by atoms with van der Waals surface area (Å²) in [5.41, 5.74) is 0.920. The second-order valence-electron chi connectivity index (χ2n) is 7.35. The summed E-state index contributed by atoms with van der Waals surface area (Å²) in [4.78, 5) is 13.5. The van der Waals surface area contributed by atoms with Gasteiger partial charge in [0.1, 0.15) is 11.9 Å². The Hall–Kier alpha value is -2.74. The summed E-state index contributed by atoms with van der Waals surface area (Å²) < 4.78 is 11.9. The molecule has 1 aliphatic heterocycles. The minimum Gasteiger partial charge on any atom is -0.474 e. The molecule has 3 aromatic heterocycles. The van der Waals surface area contributed by atoms with Crippen LogP contribution in [0.25, 0.3) is 10.9 Å². The van der Waals surface area contributed by atoms with Gasteiger partial charge in [-0.25, -0.2) is 0 Å². The van der Waals surface area contributed by atoms with E-state index in [4.69, 9.17) is 14.5 Å². The lowest BCUT2D eigenvalue weighted by atomic mass is 9.93. The second kappa shape index (κ2) is 7.71. The summed E-state index contributed by atoms with van der Waals surface area (Å²) in [6, 6.07) is 6.38. The van der Waals surface area contributed by atoms with Crippen molar-refractivity contribution in [3.63, 3.8) is 0 Å². The minimum atomic E-state index is 0.155. The largest absolute Gasteiger partial charge is 0.474 e. The molecule has 0 aromatic carbocycles. The molecule has 1 saturated heterocycles. The maximum atomic E-state index is 6.41. The van der Waals surface area contributed by atoms with Gasteiger partial charge in [-0.1, -0.05) is 0 Å². The van der Waals surface area contributed by atoms with E-state index < -0.39 is 0 Å². The zero-order chi connectivity index (χ0) is 18.8. The molecular formula is C20H24N6O2. The van der Waals surface area contributed by atoms with Gasteiger partial charge in [-0.05, 0) is 37.8 Å². The van der Waals surface area contributed by atoms with E-state index in [-0.39, 0.29) is 6.10 Å². The molecule has 0 radical (unpaired) electrons. The lowest BCUT2D eigenvalue weighted by Crippen LogP contribution is -2.36. The topological polar surface area (TPSA) is 78.2 Å². The average Bonchev–Trinajstić information content (AvgIpc) is 3.30. The molecule has 0 spiro atoms. The van der Waals surface area contributed by atoms with Crippen molar-refractivity contribution < 1.29 is 9.47 Å². The average molecular weight is 380 g/mol. The van der Waals surface area contributed by atoms with Crippen molar-refractivity contribution in [3.8, 4) is 5.88 Å². The van der Waals surface area contributed by atoms with Gasteiger partial charge >= 0.3 is 0 Å². The zero-order valence-electron chi connectivity index (χ0n) is 15.8. The molecule has 28 heavy (non-hydrogen) atoms. The lowest BCUT2D eigenvalue weighted by molar-refractivity contribution is 0.119. The van der Waals surface area contributed by atoms with Gasteiger partial charge in [-0.2, -0.15) is 20.0 Å². The van der Waals surface area contributed by atoms with Crippen LogP contribution in [-0.4, -0.2) is 57.4 Å². The van der Waals surface area contributed by atoms with Crippen molar-refractivity contribution in [2.45, 2.75) is 37.8 Å². The molecule has 0 N–H and O–H groups in total. The molecule has 8 nitrogen and oxygen atoms in total. The third-order valence-corrected chi connectivity index (χ3v) is 5.57. The van der Waals surface area contributed by atoms with Crippen molar-refractivity contribution in [1.29, 1.82) is 0 Å². The van der Waals surface area contributed by atoms with E-state index >= 15 is 0 Å². The fourth-order valence-corrected chi connectivity index (χ4v) is 4.04. The van der Waals surface area contributed by atoms with E-state index in [0.717, 1.165) is 68.7 Å². The van der Waals surface area contributed by atoms with Crippen LogP contribution in [0.1, 0.15) is 31.7 Å². The van der Waals surface area contributed by atoms with Gasteiger partial charge in [0.15, 0.2) is 0 Å². The summed E-state index contributed by atoms with van der Waals surface area (Å²) in [7, 11) is 0. The number of anilines is 1. The molecule has 1 aliphatic carbocycles. The summed E-state index contributed by atoms with van der Waals surface area (Å²) in [5.74, 6) is 1.60. The summed E-state index contributed by atoms with van der Waals surface area (Å²) >= 11 is 0. The van der Waals surface area contributed by atoms with Crippen LogP contribution in [-0.2, 0) is 4.74 Å². The first-order chi connectivity index (χ1) is 13.9. The normalized spacial score (nSPS) is 23.1. The molecule has 2 aliphatic rings. The van der Waals surface area contributed by atoms with Crippen molar-refractivity contribution in [1.82, 2.24) is 25.0 Å². The highest BCUT2D eigenvalue weighted by Gasteiger charge is 2.26. The number of nitrogens with zero attached hydrogens (tertiary/aromatic N) is 6. The molecule has 4 heterocycles. The number of aromatic nitrogens is 5. The summed E-state index contributed by atoms with van der Waals surface area (Å²) in [6.45, 7) is 3.13. The van der Waals surface area contributed by atoms with Gasteiger partial charge in [0.05, 0.1) is 42.6 Å². The standard InChI is InChI=1S/C20H24N6O2/c1-2-17-18(21-7-1)14-19(25-10-12-27-13-11-25)24-20(17)28-16-5-3-15(4-6-16)26-22-8-9-23-26/h1-2,7-9,14-16H,3-6,10-13H2. The van der Waals surface area contributed by atoms with E-state index in [9.17, 15) is 0 Å². The van der Waals surface area contributed by atoms with Gasteiger partial charge in [0.25, 0.3) is 0 Å². The maximum Gasteiger partial charge on any atom is 0.225 e. The first-order valence-electron chi connectivity index (χ1n) is 9.98. The molecule has 0 bridgehead atoms. The van der Waals surface area contributed by atoms with Gasteiger partial charge in [0.2, 0.25) is 5.88 Å². The Morgan fingerprint density at radius 1 is 1.00 bits per heavy atom. The molecule has 5 rings (SSSR count). The Morgan fingerprint density at radius 3 is 2.57 bits per heavy atom. The van der Waals surface area contributed by atoms with Gasteiger partial charge in [-0.15, -0.1) is 0 Å². The number of rotatable bonds is 4. The van der Waals surface area contributed by atoms with E-state index in [2.05, 4.69) is 20.1 Å². The first-order valence-corrected chi connectivity index (χ1v) is 9.98. The molecule has 3 aromatic rings. The molecular weight excluding hydrogens is 356 g/mol. The van der Waals surface area contributed by atoms with Gasteiger partial charge < -0.3 is 14.4 Å². The number of hydrogen-bond donors (Lipinski definition) is 0. The van der Waals surface area contributed by atoms with E-state index in [1.807, 2.05) is 29.2 Å². The van der Waals surface area contributed by atoms with Crippen LogP contribution in [0.5, 0.6) is 5.88 Å². The highest BCUT2D eigenvalue weighted by atomic mass is 16.5. The van der Waals surface area contributed by atoms with Crippen molar-refractivity contribution in [2.24, 2.45) is 0 Å². The molecule has 8 heteroatoms. The summed E-state index contributed by atoms with van der Waals surface area (Å²) in [5, 5.41) is 9.53. The molecule has 2 fully saturated rings. The maximum absolute atomic E-state index is 6.41. The molecule has 0 amide bonds. The van der Waals surface area contributed by atoms with Gasteiger partial charge in [0, 0.05) is 25.4 Å². The van der Waals surface area contributed by atoms with Crippen molar-refractivity contribution in [2.75, 3.05) is 31.2 Å². The van der Waals surface area contributed by atoms with Crippen molar-refractivity contribution >= 4 is 16.7 Å². The number of ether oxygens (including phenoxy) is 2. The first kappa shape index (κ1) is 17.4. The van der Waals surface area contributed by atoms with E-state index in [1.54, 1.807) is 12.4 Å². The Kier molecular flexibility index (Phi) is 4.78. The van der Waals surface area contributed by atoms with Crippen LogP contribution in [0.2, 0.25) is 0 Å².